The van der Waals surface area contributed by atoms with E-state index in [0.29, 0.717) is 12.3 Å². The molecule has 0 spiro atoms. The van der Waals surface area contributed by atoms with Gasteiger partial charge in [0, 0.05) is 6.26 Å². The normalized spacial score (nSPS) is 49.5. The summed E-state index contributed by atoms with van der Waals surface area (Å²) in [5.41, 5.74) is -0.818. The molecule has 3 aliphatic carbocycles. The Bertz CT molecular complexity index is 531. The molecule has 3 aliphatic rings. The fourth-order valence-electron chi connectivity index (χ4n) is 6.22. The lowest BCUT2D eigenvalue weighted by Crippen LogP contribution is -2.60. The van der Waals surface area contributed by atoms with Crippen molar-refractivity contribution >= 4 is 9.84 Å². The minimum Gasteiger partial charge on any atom is -0.388 e. The molecule has 2 bridgehead atoms. The molecule has 0 amide bonds. The first-order valence-corrected chi connectivity index (χ1v) is 10.4. The zero-order valence-corrected chi connectivity index (χ0v) is 14.7. The van der Waals surface area contributed by atoms with Gasteiger partial charge in [-0.1, -0.05) is 27.2 Å². The molecule has 1 N–H and O–H groups in total. The van der Waals surface area contributed by atoms with Gasteiger partial charge in [0.15, 0.2) is 0 Å². The Balaban J connectivity index is 1.95. The van der Waals surface area contributed by atoms with E-state index in [4.69, 9.17) is 0 Å². The number of hydrogen-bond donors (Lipinski definition) is 1. The van der Waals surface area contributed by atoms with Crippen LogP contribution in [0.25, 0.3) is 0 Å². The molecule has 4 heteroatoms. The SMILES string of the molecule is CC12CCC(C1)C(C)(C)C2(O)C1CCCC(S(C)(=O)=O)C1. The van der Waals surface area contributed by atoms with Crippen LogP contribution in [0.15, 0.2) is 0 Å². The van der Waals surface area contributed by atoms with E-state index in [0.717, 1.165) is 32.1 Å². The molecular formula is C17H30O3S. The predicted molar refractivity (Wildman–Crippen MR) is 84.8 cm³/mol. The summed E-state index contributed by atoms with van der Waals surface area (Å²) in [6.45, 7) is 6.67. The van der Waals surface area contributed by atoms with E-state index in [2.05, 4.69) is 20.8 Å². The van der Waals surface area contributed by atoms with Crippen LogP contribution in [0.1, 0.15) is 65.7 Å². The quantitative estimate of drug-likeness (QED) is 0.852. The lowest BCUT2D eigenvalue weighted by molar-refractivity contribution is -0.186. The molecule has 122 valence electrons. The lowest BCUT2D eigenvalue weighted by atomic mass is 9.53. The molecule has 0 aromatic heterocycles. The molecule has 0 saturated heterocycles. The highest BCUT2D eigenvalue weighted by molar-refractivity contribution is 7.91. The van der Waals surface area contributed by atoms with Crippen molar-refractivity contribution < 1.29 is 13.5 Å². The van der Waals surface area contributed by atoms with Gasteiger partial charge in [-0.05, 0) is 61.2 Å². The van der Waals surface area contributed by atoms with Gasteiger partial charge in [-0.15, -0.1) is 0 Å². The average molecular weight is 314 g/mol. The van der Waals surface area contributed by atoms with E-state index in [9.17, 15) is 13.5 Å². The van der Waals surface area contributed by atoms with Gasteiger partial charge in [-0.3, -0.25) is 0 Å². The highest BCUT2D eigenvalue weighted by Gasteiger charge is 2.70. The largest absolute Gasteiger partial charge is 0.388 e. The first-order valence-electron chi connectivity index (χ1n) is 8.43. The van der Waals surface area contributed by atoms with Crippen LogP contribution in [-0.2, 0) is 9.84 Å². The predicted octanol–water partition coefficient (Wildman–Crippen LogP) is 3.17. The summed E-state index contributed by atoms with van der Waals surface area (Å²) in [6.07, 6.45) is 8.11. The van der Waals surface area contributed by atoms with Crippen molar-refractivity contribution in [2.24, 2.45) is 22.7 Å². The lowest BCUT2D eigenvalue weighted by Gasteiger charge is -2.56. The number of rotatable bonds is 2. The first kappa shape index (κ1) is 15.8. The second-order valence-corrected chi connectivity index (χ2v) is 11.1. The minimum absolute atomic E-state index is 0.0226. The smallest absolute Gasteiger partial charge is 0.150 e. The van der Waals surface area contributed by atoms with Crippen molar-refractivity contribution in [3.8, 4) is 0 Å². The highest BCUT2D eigenvalue weighted by Crippen LogP contribution is 2.71. The van der Waals surface area contributed by atoms with Crippen molar-refractivity contribution in [1.82, 2.24) is 0 Å². The van der Waals surface area contributed by atoms with Crippen LogP contribution in [0.5, 0.6) is 0 Å². The van der Waals surface area contributed by atoms with E-state index in [1.165, 1.54) is 12.7 Å². The zero-order chi connectivity index (χ0) is 15.7. The Morgan fingerprint density at radius 1 is 1.05 bits per heavy atom. The summed E-state index contributed by atoms with van der Waals surface area (Å²) in [5.74, 6) is 0.724. The molecule has 0 radical (unpaired) electrons. The Hall–Kier alpha value is -0.0900. The van der Waals surface area contributed by atoms with Gasteiger partial charge in [0.1, 0.15) is 9.84 Å². The standard InChI is InChI=1S/C17H30O3S/c1-15(2)13-8-9-16(3,11-13)17(15,18)12-6-5-7-14(10-12)21(4,19)20/h12-14,18H,5-11H2,1-4H3. The second-order valence-electron chi connectivity index (χ2n) is 8.80. The van der Waals surface area contributed by atoms with Gasteiger partial charge in [0.25, 0.3) is 0 Å². The van der Waals surface area contributed by atoms with Gasteiger partial charge in [0.05, 0.1) is 10.9 Å². The molecule has 0 aromatic rings. The number of fused-ring (bicyclic) bond motifs is 2. The maximum Gasteiger partial charge on any atom is 0.150 e. The molecule has 0 aromatic carbocycles. The third kappa shape index (κ3) is 1.97. The summed E-state index contributed by atoms with van der Waals surface area (Å²) >= 11 is 0. The maximum absolute atomic E-state index is 12.0. The number of hydrogen-bond acceptors (Lipinski definition) is 3. The summed E-state index contributed by atoms with van der Waals surface area (Å²) in [5, 5.41) is 11.5. The van der Waals surface area contributed by atoms with Crippen molar-refractivity contribution in [1.29, 1.82) is 0 Å². The monoisotopic (exact) mass is 314 g/mol. The third-order valence-corrected chi connectivity index (χ3v) is 9.13. The first-order chi connectivity index (χ1) is 9.52. The van der Waals surface area contributed by atoms with Gasteiger partial charge >= 0.3 is 0 Å². The summed E-state index contributed by atoms with van der Waals surface area (Å²) < 4.78 is 23.9. The van der Waals surface area contributed by atoms with E-state index in [1.807, 2.05) is 0 Å². The average Bonchev–Trinajstić information content (AvgIpc) is 2.86. The van der Waals surface area contributed by atoms with E-state index < -0.39 is 15.4 Å². The summed E-state index contributed by atoms with van der Waals surface area (Å²) in [7, 11) is -3.00. The van der Waals surface area contributed by atoms with Gasteiger partial charge < -0.3 is 5.11 Å². The van der Waals surface area contributed by atoms with Crippen LogP contribution in [-0.4, -0.2) is 30.6 Å². The Labute approximate surface area is 129 Å². The van der Waals surface area contributed by atoms with Gasteiger partial charge in [0.2, 0.25) is 0 Å². The molecule has 5 atom stereocenters. The minimum atomic E-state index is -3.00. The van der Waals surface area contributed by atoms with Gasteiger partial charge in [-0.25, -0.2) is 8.42 Å². The molecule has 0 heterocycles. The van der Waals surface area contributed by atoms with Crippen molar-refractivity contribution in [2.75, 3.05) is 6.26 Å². The second kappa shape index (κ2) is 4.47. The Morgan fingerprint density at radius 3 is 2.24 bits per heavy atom. The third-order valence-electron chi connectivity index (χ3n) is 7.49. The van der Waals surface area contributed by atoms with Crippen molar-refractivity contribution in [2.45, 2.75) is 76.6 Å². The van der Waals surface area contributed by atoms with E-state index >= 15 is 0 Å². The summed E-state index contributed by atoms with van der Waals surface area (Å²) in [4.78, 5) is 0. The van der Waals surface area contributed by atoms with Crippen molar-refractivity contribution in [3.63, 3.8) is 0 Å². The van der Waals surface area contributed by atoms with Gasteiger partial charge in [-0.2, -0.15) is 0 Å². The molecule has 3 saturated carbocycles. The number of aliphatic hydroxyl groups is 1. The van der Waals surface area contributed by atoms with Crippen LogP contribution in [0.2, 0.25) is 0 Å². The highest BCUT2D eigenvalue weighted by atomic mass is 32.2. The molecule has 3 rings (SSSR count). The van der Waals surface area contributed by atoms with Crippen LogP contribution >= 0.6 is 0 Å². The molecular weight excluding hydrogens is 284 g/mol. The fourth-order valence-corrected chi connectivity index (χ4v) is 7.40. The van der Waals surface area contributed by atoms with Crippen LogP contribution < -0.4 is 0 Å². The van der Waals surface area contributed by atoms with Crippen molar-refractivity contribution in [3.05, 3.63) is 0 Å². The zero-order valence-electron chi connectivity index (χ0n) is 13.9. The van der Waals surface area contributed by atoms with Crippen LogP contribution in [0.3, 0.4) is 0 Å². The Kier molecular flexibility index (Phi) is 3.36. The maximum atomic E-state index is 12.0. The molecule has 21 heavy (non-hydrogen) atoms. The molecule has 5 unspecified atom stereocenters. The number of sulfone groups is 1. The van der Waals surface area contributed by atoms with E-state index in [1.54, 1.807) is 0 Å². The summed E-state index contributed by atoms with van der Waals surface area (Å²) in [6, 6.07) is 0. The van der Waals surface area contributed by atoms with Crippen LogP contribution in [0.4, 0.5) is 0 Å². The molecule has 3 nitrogen and oxygen atoms in total. The molecule has 3 fully saturated rings. The molecule has 0 aliphatic heterocycles. The Morgan fingerprint density at radius 2 is 1.71 bits per heavy atom. The fraction of sp³-hybridized carbons (Fsp3) is 1.00. The topological polar surface area (TPSA) is 54.4 Å². The van der Waals surface area contributed by atoms with Crippen LogP contribution in [0, 0.1) is 22.7 Å². The van der Waals surface area contributed by atoms with E-state index in [-0.39, 0.29) is 22.0 Å².